The van der Waals surface area contributed by atoms with E-state index in [1.807, 2.05) is 0 Å². The van der Waals surface area contributed by atoms with Gasteiger partial charge in [0.2, 0.25) is 5.91 Å². The van der Waals surface area contributed by atoms with Crippen LogP contribution in [0.3, 0.4) is 0 Å². The first-order chi connectivity index (χ1) is 49.8. The van der Waals surface area contributed by atoms with Crippen molar-refractivity contribution >= 4 is 5.91 Å². The molecule has 19 heteroatoms. The number of aliphatic hydroxyl groups excluding tert-OH is 11. The van der Waals surface area contributed by atoms with Crippen LogP contribution < -0.4 is 5.32 Å². The van der Waals surface area contributed by atoms with E-state index < -0.39 is 124 Å². The van der Waals surface area contributed by atoms with E-state index in [0.717, 1.165) is 77.0 Å². The zero-order valence-corrected chi connectivity index (χ0v) is 63.8. The summed E-state index contributed by atoms with van der Waals surface area (Å²) in [5, 5.41) is 121. The number of amides is 1. The lowest BCUT2D eigenvalue weighted by Gasteiger charge is -2.48. The molecule has 3 rings (SSSR count). The zero-order valence-electron chi connectivity index (χ0n) is 63.8. The van der Waals surface area contributed by atoms with E-state index in [1.165, 1.54) is 218 Å². The maximum atomic E-state index is 13.5. The molecule has 17 atom stereocenters. The van der Waals surface area contributed by atoms with Crippen LogP contribution in [0.2, 0.25) is 0 Å². The van der Waals surface area contributed by atoms with Crippen molar-refractivity contribution in [2.45, 2.75) is 433 Å². The maximum absolute atomic E-state index is 13.5. The van der Waals surface area contributed by atoms with Crippen molar-refractivity contribution in [3.8, 4) is 0 Å². The first-order valence-electron chi connectivity index (χ1n) is 41.5. The number of hydrogen-bond acceptors (Lipinski definition) is 18. The van der Waals surface area contributed by atoms with E-state index in [4.69, 9.17) is 28.4 Å². The largest absolute Gasteiger partial charge is 0.394 e. The smallest absolute Gasteiger partial charge is 0.220 e. The van der Waals surface area contributed by atoms with E-state index in [9.17, 15) is 61.0 Å². The molecule has 12 N–H and O–H groups in total. The predicted octanol–water partition coefficient (Wildman–Crippen LogP) is 14.2. The normalized spacial score (nSPS) is 26.5. The number of rotatable bonds is 66. The standard InChI is InChI=1S/C83H151NO18/c1-3-5-7-9-11-13-15-17-19-21-23-25-27-29-30-31-32-33-34-35-36-37-39-41-43-45-47-49-51-53-55-57-59-61-71(89)84-66(67(88)60-58-56-54-52-50-48-46-44-42-40-38-28-26-24-22-20-18-16-14-12-10-8-6-4-2)65-97-81-77(95)74(92)79(69(63-86)99-81)102-83-78(96)75(93)80(70(64-87)100-83)101-82-76(94)73(91)72(90)68(62-85)98-82/h5,7,11,13,17,19,23,25,29-30,66-70,72-83,85-88,90-96H,3-4,6,8-10,12,14-16,18,20-22,24,26-28,31-65H2,1-2H3,(H,84,89)/b7-5-,13-11-,19-17-,25-23-,30-29-. The number of unbranched alkanes of at least 4 members (excludes halogenated alkanes) is 40. The quantitative estimate of drug-likeness (QED) is 0.0199. The molecule has 3 heterocycles. The molecule has 1 amide bonds. The summed E-state index contributed by atoms with van der Waals surface area (Å²) in [5.41, 5.74) is 0. The lowest BCUT2D eigenvalue weighted by atomic mass is 9.96. The van der Waals surface area contributed by atoms with Crippen molar-refractivity contribution in [1.29, 1.82) is 0 Å². The van der Waals surface area contributed by atoms with Gasteiger partial charge in [-0.25, -0.2) is 0 Å². The van der Waals surface area contributed by atoms with Crippen LogP contribution in [0, 0.1) is 0 Å². The molecule has 0 bridgehead atoms. The topological polar surface area (TPSA) is 307 Å². The van der Waals surface area contributed by atoms with E-state index in [2.05, 4.69) is 79.9 Å². The van der Waals surface area contributed by atoms with Gasteiger partial charge in [-0.15, -0.1) is 0 Å². The van der Waals surface area contributed by atoms with Gasteiger partial charge in [-0.05, 0) is 57.8 Å². The number of nitrogens with one attached hydrogen (secondary N) is 1. The lowest BCUT2D eigenvalue weighted by molar-refractivity contribution is -0.379. The Morgan fingerprint density at radius 2 is 0.676 bits per heavy atom. The second-order valence-corrected chi connectivity index (χ2v) is 29.6. The summed E-state index contributed by atoms with van der Waals surface area (Å²) in [4.78, 5) is 13.5. The third-order valence-corrected chi connectivity index (χ3v) is 20.6. The Morgan fingerprint density at radius 1 is 0.363 bits per heavy atom. The highest BCUT2D eigenvalue weighted by atomic mass is 16.8. The molecule has 0 saturated carbocycles. The minimum Gasteiger partial charge on any atom is -0.394 e. The lowest BCUT2D eigenvalue weighted by Crippen LogP contribution is -2.66. The van der Waals surface area contributed by atoms with Crippen molar-refractivity contribution in [3.63, 3.8) is 0 Å². The molecule has 596 valence electrons. The molecule has 0 aromatic rings. The summed E-state index contributed by atoms with van der Waals surface area (Å²) in [6.45, 7) is 1.73. The molecule has 0 aromatic heterocycles. The predicted molar refractivity (Wildman–Crippen MR) is 406 cm³/mol. The first kappa shape index (κ1) is 93.7. The molecule has 19 nitrogen and oxygen atoms in total. The van der Waals surface area contributed by atoms with Crippen LogP contribution >= 0.6 is 0 Å². The SMILES string of the molecule is CC/C=C\C/C=C\C/C=C\C/C=C\C/C=C\CCCCCCCCCCCCCCCCCCCC(=O)NC(COC1OC(CO)C(OC2OC(CO)C(OC3OC(CO)C(O)C(O)C3O)C(O)C2O)C(O)C1O)C(O)CCCCCCCCCCCCCCCCCCCCCCCCCC. The van der Waals surface area contributed by atoms with Crippen LogP contribution in [-0.4, -0.2) is 193 Å². The summed E-state index contributed by atoms with van der Waals surface area (Å²) in [5.74, 6) is -0.239. The third-order valence-electron chi connectivity index (χ3n) is 20.6. The molecule has 3 aliphatic heterocycles. The Balaban J connectivity index is 1.35. The number of hydrogen-bond donors (Lipinski definition) is 12. The minimum atomic E-state index is -1.97. The average Bonchev–Trinajstić information content (AvgIpc) is 0.781. The zero-order chi connectivity index (χ0) is 73.9. The van der Waals surface area contributed by atoms with Gasteiger partial charge >= 0.3 is 0 Å². The molecular weight excluding hydrogens is 1300 g/mol. The molecule has 3 saturated heterocycles. The van der Waals surface area contributed by atoms with Gasteiger partial charge < -0.3 is 89.9 Å². The van der Waals surface area contributed by atoms with E-state index in [1.54, 1.807) is 0 Å². The van der Waals surface area contributed by atoms with Gasteiger partial charge in [0, 0.05) is 6.42 Å². The fourth-order valence-corrected chi connectivity index (χ4v) is 14.0. The van der Waals surface area contributed by atoms with Crippen LogP contribution in [0.15, 0.2) is 60.8 Å². The van der Waals surface area contributed by atoms with Gasteiger partial charge in [0.1, 0.15) is 73.2 Å². The highest BCUT2D eigenvalue weighted by Crippen LogP contribution is 2.33. The summed E-state index contributed by atoms with van der Waals surface area (Å²) in [6, 6.07) is -0.890. The number of carbonyl (C=O) groups excluding carboxylic acids is 1. The van der Waals surface area contributed by atoms with Crippen molar-refractivity contribution in [2.75, 3.05) is 26.4 Å². The van der Waals surface area contributed by atoms with Gasteiger partial charge in [-0.3, -0.25) is 4.79 Å². The molecule has 0 aromatic carbocycles. The van der Waals surface area contributed by atoms with Gasteiger partial charge in [-0.1, -0.05) is 325 Å². The number of ether oxygens (including phenoxy) is 6. The minimum absolute atomic E-state index is 0.239. The average molecular weight is 1450 g/mol. The Hall–Kier alpha value is -2.51. The summed E-state index contributed by atoms with van der Waals surface area (Å²) in [6.07, 6.45) is 54.5. The van der Waals surface area contributed by atoms with Crippen molar-refractivity contribution in [2.24, 2.45) is 0 Å². The molecule has 0 radical (unpaired) electrons. The fraction of sp³-hybridized carbons (Fsp3) is 0.867. The highest BCUT2D eigenvalue weighted by molar-refractivity contribution is 5.76. The number of aliphatic hydroxyl groups is 11. The maximum Gasteiger partial charge on any atom is 0.220 e. The summed E-state index contributed by atoms with van der Waals surface area (Å²) in [7, 11) is 0. The van der Waals surface area contributed by atoms with Crippen molar-refractivity contribution < 1.29 is 89.4 Å². The Kier molecular flexibility index (Phi) is 58.3. The first-order valence-corrected chi connectivity index (χ1v) is 41.5. The van der Waals surface area contributed by atoms with Crippen molar-refractivity contribution in [1.82, 2.24) is 5.32 Å². The Bertz CT molecular complexity index is 2080. The van der Waals surface area contributed by atoms with E-state index in [0.29, 0.717) is 12.8 Å². The summed E-state index contributed by atoms with van der Waals surface area (Å²) >= 11 is 0. The van der Waals surface area contributed by atoms with Gasteiger partial charge in [0.05, 0.1) is 38.6 Å². The van der Waals surface area contributed by atoms with Gasteiger partial charge in [-0.2, -0.15) is 0 Å². The van der Waals surface area contributed by atoms with Crippen LogP contribution in [0.1, 0.15) is 328 Å². The fourth-order valence-electron chi connectivity index (χ4n) is 14.0. The van der Waals surface area contributed by atoms with E-state index >= 15 is 0 Å². The number of allylic oxidation sites excluding steroid dienone is 10. The van der Waals surface area contributed by atoms with E-state index in [-0.39, 0.29) is 18.9 Å². The second-order valence-electron chi connectivity index (χ2n) is 29.6. The Labute approximate surface area is 617 Å². The monoisotopic (exact) mass is 1450 g/mol. The molecule has 0 aliphatic carbocycles. The van der Waals surface area contributed by atoms with Gasteiger partial charge in [0.15, 0.2) is 18.9 Å². The summed E-state index contributed by atoms with van der Waals surface area (Å²) < 4.78 is 34.6. The van der Waals surface area contributed by atoms with Crippen LogP contribution in [0.4, 0.5) is 0 Å². The Morgan fingerprint density at radius 3 is 1.06 bits per heavy atom. The molecule has 102 heavy (non-hydrogen) atoms. The molecule has 17 unspecified atom stereocenters. The van der Waals surface area contributed by atoms with Crippen LogP contribution in [0.25, 0.3) is 0 Å². The van der Waals surface area contributed by atoms with Gasteiger partial charge in [0.25, 0.3) is 0 Å². The van der Waals surface area contributed by atoms with Crippen molar-refractivity contribution in [3.05, 3.63) is 60.8 Å². The second kappa shape index (κ2) is 63.4. The molecule has 0 spiro atoms. The van der Waals surface area contributed by atoms with Crippen LogP contribution in [0.5, 0.6) is 0 Å². The number of carbonyl (C=O) groups is 1. The molecule has 3 fully saturated rings. The highest BCUT2D eigenvalue weighted by Gasteiger charge is 2.54. The van der Waals surface area contributed by atoms with Crippen LogP contribution in [-0.2, 0) is 33.2 Å². The third kappa shape index (κ3) is 42.9. The molecular formula is C83H151NO18. The molecule has 3 aliphatic rings.